The van der Waals surface area contributed by atoms with Gasteiger partial charge in [-0.2, -0.15) is 0 Å². The molecule has 0 aliphatic carbocycles. The lowest BCUT2D eigenvalue weighted by atomic mass is 10.1. The first kappa shape index (κ1) is 10.3. The van der Waals surface area contributed by atoms with Crippen molar-refractivity contribution < 1.29 is 4.79 Å². The highest BCUT2D eigenvalue weighted by atomic mass is 35.5. The maximum atomic E-state index is 11.7. The zero-order chi connectivity index (χ0) is 11.0. The average Bonchev–Trinajstić information content (AvgIpc) is 2.25. The van der Waals surface area contributed by atoms with E-state index < -0.39 is 0 Å². The van der Waals surface area contributed by atoms with Crippen molar-refractivity contribution in [3.05, 3.63) is 23.2 Å². The van der Waals surface area contributed by atoms with Gasteiger partial charge in [-0.1, -0.05) is 18.5 Å². The van der Waals surface area contributed by atoms with Crippen LogP contribution in [0.3, 0.4) is 0 Å². The van der Waals surface area contributed by atoms with Crippen LogP contribution in [0.5, 0.6) is 0 Å². The Morgan fingerprint density at radius 1 is 1.53 bits per heavy atom. The molecule has 0 aromatic heterocycles. The van der Waals surface area contributed by atoms with Gasteiger partial charge >= 0.3 is 0 Å². The van der Waals surface area contributed by atoms with Gasteiger partial charge in [0.25, 0.3) is 0 Å². The Kier molecular flexibility index (Phi) is 2.57. The quantitative estimate of drug-likeness (QED) is 0.734. The van der Waals surface area contributed by atoms with E-state index in [-0.39, 0.29) is 11.8 Å². The van der Waals surface area contributed by atoms with Crippen LogP contribution in [0.2, 0.25) is 5.02 Å². The molecule has 3 nitrogen and oxygen atoms in total. The molecule has 0 radical (unpaired) electrons. The molecule has 4 heteroatoms. The standard InChI is InChI=1S/C11H13ClN2O/c1-7-6-14(2)10-4-3-8(12)5-9(10)13-11(7)15/h3-5,7H,6H2,1-2H3,(H,13,15). The van der Waals surface area contributed by atoms with Gasteiger partial charge in [-0.05, 0) is 18.2 Å². The molecule has 0 bridgehead atoms. The zero-order valence-corrected chi connectivity index (χ0v) is 9.51. The molecule has 1 N–H and O–H groups in total. The van der Waals surface area contributed by atoms with E-state index in [9.17, 15) is 4.79 Å². The minimum Gasteiger partial charge on any atom is -0.372 e. The van der Waals surface area contributed by atoms with Gasteiger partial charge in [-0.25, -0.2) is 0 Å². The molecule has 1 aromatic carbocycles. The molecule has 1 aliphatic rings. The Morgan fingerprint density at radius 3 is 3.00 bits per heavy atom. The summed E-state index contributed by atoms with van der Waals surface area (Å²) in [5.74, 6) is 0.0315. The molecular weight excluding hydrogens is 212 g/mol. The summed E-state index contributed by atoms with van der Waals surface area (Å²) >= 11 is 5.89. The molecule has 1 unspecified atom stereocenters. The second kappa shape index (κ2) is 3.74. The van der Waals surface area contributed by atoms with Crippen LogP contribution in [0, 0.1) is 5.92 Å². The number of nitrogens with one attached hydrogen (secondary N) is 1. The third kappa shape index (κ3) is 1.92. The smallest absolute Gasteiger partial charge is 0.229 e. The fourth-order valence-corrected chi connectivity index (χ4v) is 1.96. The fourth-order valence-electron chi connectivity index (χ4n) is 1.79. The van der Waals surface area contributed by atoms with Crippen molar-refractivity contribution in [3.8, 4) is 0 Å². The third-order valence-electron chi connectivity index (χ3n) is 2.62. The second-order valence-electron chi connectivity index (χ2n) is 3.93. The van der Waals surface area contributed by atoms with E-state index in [2.05, 4.69) is 10.2 Å². The van der Waals surface area contributed by atoms with Gasteiger partial charge in [0.1, 0.15) is 0 Å². The molecule has 0 fully saturated rings. The van der Waals surface area contributed by atoms with Crippen molar-refractivity contribution in [2.75, 3.05) is 23.8 Å². The van der Waals surface area contributed by atoms with Crippen LogP contribution in [0.1, 0.15) is 6.92 Å². The van der Waals surface area contributed by atoms with Crippen LogP contribution < -0.4 is 10.2 Å². The highest BCUT2D eigenvalue weighted by Crippen LogP contribution is 2.31. The molecule has 15 heavy (non-hydrogen) atoms. The molecule has 2 rings (SSSR count). The highest BCUT2D eigenvalue weighted by molar-refractivity contribution is 6.31. The summed E-state index contributed by atoms with van der Waals surface area (Å²) < 4.78 is 0. The first-order valence-electron chi connectivity index (χ1n) is 4.89. The number of rotatable bonds is 0. The van der Waals surface area contributed by atoms with Gasteiger partial charge in [-0.15, -0.1) is 0 Å². The van der Waals surface area contributed by atoms with E-state index >= 15 is 0 Å². The number of hydrogen-bond acceptors (Lipinski definition) is 2. The van der Waals surface area contributed by atoms with E-state index in [1.807, 2.05) is 26.1 Å². The number of hydrogen-bond donors (Lipinski definition) is 1. The van der Waals surface area contributed by atoms with Crippen LogP contribution in [-0.4, -0.2) is 19.5 Å². The first-order valence-corrected chi connectivity index (χ1v) is 5.27. The minimum absolute atomic E-state index is 0.0128. The van der Waals surface area contributed by atoms with Gasteiger partial charge in [-0.3, -0.25) is 4.79 Å². The first-order chi connectivity index (χ1) is 7.08. The summed E-state index contributed by atoms with van der Waals surface area (Å²) in [6, 6.07) is 5.54. The summed E-state index contributed by atoms with van der Waals surface area (Å²) in [6.45, 7) is 2.64. The molecule has 80 valence electrons. The molecule has 0 saturated heterocycles. The number of carbonyl (C=O) groups is 1. The van der Waals surface area contributed by atoms with Crippen molar-refractivity contribution in [2.45, 2.75) is 6.92 Å². The van der Waals surface area contributed by atoms with Crippen molar-refractivity contribution in [3.63, 3.8) is 0 Å². The van der Waals surface area contributed by atoms with E-state index in [0.717, 1.165) is 17.9 Å². The topological polar surface area (TPSA) is 32.3 Å². The predicted molar refractivity (Wildman–Crippen MR) is 62.5 cm³/mol. The molecule has 0 saturated carbocycles. The molecule has 1 heterocycles. The highest BCUT2D eigenvalue weighted by Gasteiger charge is 2.22. The monoisotopic (exact) mass is 224 g/mol. The maximum absolute atomic E-state index is 11.7. The van der Waals surface area contributed by atoms with Crippen molar-refractivity contribution in [1.82, 2.24) is 0 Å². The summed E-state index contributed by atoms with van der Waals surface area (Å²) in [4.78, 5) is 13.7. The lowest BCUT2D eigenvalue weighted by molar-refractivity contribution is -0.119. The molecule has 1 amide bonds. The normalized spacial score (nSPS) is 20.6. The van der Waals surface area contributed by atoms with Gasteiger partial charge < -0.3 is 10.2 Å². The summed E-state index contributed by atoms with van der Waals surface area (Å²) in [5, 5.41) is 3.51. The van der Waals surface area contributed by atoms with Crippen LogP contribution >= 0.6 is 11.6 Å². The molecule has 1 aliphatic heterocycles. The summed E-state index contributed by atoms with van der Waals surface area (Å²) in [7, 11) is 1.98. The van der Waals surface area contributed by atoms with Crippen molar-refractivity contribution in [2.24, 2.45) is 5.92 Å². The lowest BCUT2D eigenvalue weighted by Gasteiger charge is -2.19. The lowest BCUT2D eigenvalue weighted by Crippen LogP contribution is -2.27. The number of nitrogens with zero attached hydrogens (tertiary/aromatic N) is 1. The van der Waals surface area contributed by atoms with Crippen LogP contribution in [-0.2, 0) is 4.79 Å². The van der Waals surface area contributed by atoms with E-state index in [4.69, 9.17) is 11.6 Å². The van der Waals surface area contributed by atoms with Crippen LogP contribution in [0.15, 0.2) is 18.2 Å². The maximum Gasteiger partial charge on any atom is 0.229 e. The molecule has 1 aromatic rings. The van der Waals surface area contributed by atoms with Gasteiger partial charge in [0.2, 0.25) is 5.91 Å². The van der Waals surface area contributed by atoms with Crippen molar-refractivity contribution in [1.29, 1.82) is 0 Å². The Hall–Kier alpha value is -1.22. The Morgan fingerprint density at radius 2 is 2.27 bits per heavy atom. The summed E-state index contributed by atoms with van der Waals surface area (Å²) in [6.07, 6.45) is 0. The number of anilines is 2. The molecule has 0 spiro atoms. The molecular formula is C11H13ClN2O. The SMILES string of the molecule is CC1CN(C)c2ccc(Cl)cc2NC1=O. The number of fused-ring (bicyclic) bond motifs is 1. The van der Waals surface area contributed by atoms with Crippen LogP contribution in [0.4, 0.5) is 11.4 Å². The second-order valence-corrected chi connectivity index (χ2v) is 4.37. The number of halogens is 1. The fraction of sp³-hybridized carbons (Fsp3) is 0.364. The largest absolute Gasteiger partial charge is 0.372 e. The Bertz CT molecular complexity index is 406. The third-order valence-corrected chi connectivity index (χ3v) is 2.86. The van der Waals surface area contributed by atoms with Crippen LogP contribution in [0.25, 0.3) is 0 Å². The van der Waals surface area contributed by atoms with E-state index in [1.165, 1.54) is 0 Å². The molecule has 1 atom stereocenters. The Labute approximate surface area is 94.0 Å². The Balaban J connectivity index is 2.46. The van der Waals surface area contributed by atoms with E-state index in [1.54, 1.807) is 6.07 Å². The zero-order valence-electron chi connectivity index (χ0n) is 8.75. The van der Waals surface area contributed by atoms with Crippen molar-refractivity contribution >= 4 is 28.9 Å². The number of carbonyl (C=O) groups excluding carboxylic acids is 1. The average molecular weight is 225 g/mol. The predicted octanol–water partition coefficient (Wildman–Crippen LogP) is 2.36. The van der Waals surface area contributed by atoms with Gasteiger partial charge in [0.05, 0.1) is 17.3 Å². The minimum atomic E-state index is -0.0128. The summed E-state index contributed by atoms with van der Waals surface area (Å²) in [5.41, 5.74) is 1.80. The van der Waals surface area contributed by atoms with Gasteiger partial charge in [0, 0.05) is 18.6 Å². The number of amides is 1. The van der Waals surface area contributed by atoms with E-state index in [0.29, 0.717) is 5.02 Å². The van der Waals surface area contributed by atoms with Gasteiger partial charge in [0.15, 0.2) is 0 Å². The number of benzene rings is 1.